The summed E-state index contributed by atoms with van der Waals surface area (Å²) in [5.74, 6) is 1.23. The number of esters is 1. The predicted octanol–water partition coefficient (Wildman–Crippen LogP) is 5.73. The molecule has 7 heteroatoms. The maximum atomic E-state index is 13.1. The summed E-state index contributed by atoms with van der Waals surface area (Å²) in [6, 6.07) is 7.16. The molecule has 0 unspecified atom stereocenters. The molecule has 0 saturated heterocycles. The zero-order valence-electron chi connectivity index (χ0n) is 17.7. The van der Waals surface area contributed by atoms with E-state index in [9.17, 15) is 9.59 Å². The van der Waals surface area contributed by atoms with E-state index in [1.54, 1.807) is 18.2 Å². The van der Waals surface area contributed by atoms with Crippen LogP contribution in [0.25, 0.3) is 6.08 Å². The molecule has 6 nitrogen and oxygen atoms in total. The Morgan fingerprint density at radius 1 is 1.16 bits per heavy atom. The van der Waals surface area contributed by atoms with Crippen LogP contribution in [0.1, 0.15) is 59.2 Å². The smallest absolute Gasteiger partial charge is 0.314 e. The van der Waals surface area contributed by atoms with Gasteiger partial charge in [-0.3, -0.25) is 9.59 Å². The molecule has 1 aliphatic carbocycles. The van der Waals surface area contributed by atoms with Gasteiger partial charge < -0.3 is 18.9 Å². The van der Waals surface area contributed by atoms with Gasteiger partial charge in [0, 0.05) is 21.7 Å². The Hall–Kier alpha value is -2.64. The first-order valence-electron chi connectivity index (χ1n) is 10.8. The van der Waals surface area contributed by atoms with Crippen molar-refractivity contribution >= 4 is 33.8 Å². The normalized spacial score (nSPS) is 19.2. The van der Waals surface area contributed by atoms with E-state index in [2.05, 4.69) is 15.9 Å². The van der Waals surface area contributed by atoms with Crippen LogP contribution in [0, 0.1) is 12.8 Å². The molecule has 2 heterocycles. The van der Waals surface area contributed by atoms with Crippen LogP contribution in [0.2, 0.25) is 0 Å². The number of ether oxygens (including phenoxy) is 4. The highest BCUT2D eigenvalue weighted by Crippen LogP contribution is 2.40. The van der Waals surface area contributed by atoms with Crippen LogP contribution in [0.5, 0.6) is 17.2 Å². The Balaban J connectivity index is 1.42. The summed E-state index contributed by atoms with van der Waals surface area (Å²) in [5.41, 5.74) is 2.83. The number of benzene rings is 2. The van der Waals surface area contributed by atoms with Gasteiger partial charge in [-0.15, -0.1) is 0 Å². The van der Waals surface area contributed by atoms with Crippen LogP contribution in [-0.2, 0) is 16.1 Å². The van der Waals surface area contributed by atoms with Crippen molar-refractivity contribution in [1.82, 2.24) is 0 Å². The summed E-state index contributed by atoms with van der Waals surface area (Å²) in [6.07, 6.45) is 6.72. The van der Waals surface area contributed by atoms with Gasteiger partial charge in [0.05, 0.1) is 18.1 Å². The number of hydrogen-bond acceptors (Lipinski definition) is 6. The Morgan fingerprint density at radius 3 is 2.78 bits per heavy atom. The summed E-state index contributed by atoms with van der Waals surface area (Å²) in [6.45, 7) is 2.42. The highest BCUT2D eigenvalue weighted by atomic mass is 79.9. The van der Waals surface area contributed by atoms with Crippen molar-refractivity contribution < 1.29 is 28.5 Å². The van der Waals surface area contributed by atoms with E-state index in [0.29, 0.717) is 35.0 Å². The average molecular weight is 499 g/mol. The summed E-state index contributed by atoms with van der Waals surface area (Å²) in [4.78, 5) is 25.6. The standard InChI is InChI=1S/C25H23BrO6/c1-14-7-19(31-25(28)15-5-3-2-4-6-15)11-20-22(14)23(27)21(32-20)10-16-8-18(26)9-17-12-29-13-30-24(16)17/h7-11,15H,2-6,12-13H2,1H3/b21-10-. The molecule has 2 aromatic carbocycles. The number of allylic oxidation sites excluding steroid dienone is 1. The van der Waals surface area contributed by atoms with E-state index in [1.165, 1.54) is 6.42 Å². The maximum Gasteiger partial charge on any atom is 0.314 e. The van der Waals surface area contributed by atoms with E-state index in [-0.39, 0.29) is 30.2 Å². The van der Waals surface area contributed by atoms with Crippen LogP contribution >= 0.6 is 15.9 Å². The van der Waals surface area contributed by atoms with Gasteiger partial charge in [-0.25, -0.2) is 0 Å². The Bertz CT molecular complexity index is 1130. The largest absolute Gasteiger partial charge is 0.467 e. The van der Waals surface area contributed by atoms with Gasteiger partial charge in [-0.2, -0.15) is 0 Å². The van der Waals surface area contributed by atoms with Crippen molar-refractivity contribution in [2.24, 2.45) is 5.92 Å². The maximum absolute atomic E-state index is 13.1. The summed E-state index contributed by atoms with van der Waals surface area (Å²) in [7, 11) is 0. The quantitative estimate of drug-likeness (QED) is 0.306. The third-order valence-electron chi connectivity index (χ3n) is 6.09. The summed E-state index contributed by atoms with van der Waals surface area (Å²) in [5, 5.41) is 0. The van der Waals surface area contributed by atoms with E-state index in [4.69, 9.17) is 18.9 Å². The van der Waals surface area contributed by atoms with E-state index < -0.39 is 0 Å². The minimum Gasteiger partial charge on any atom is -0.467 e. The van der Waals surface area contributed by atoms with Crippen molar-refractivity contribution in [3.8, 4) is 17.2 Å². The molecule has 0 spiro atoms. The molecule has 5 rings (SSSR count). The molecule has 2 aliphatic heterocycles. The third-order valence-corrected chi connectivity index (χ3v) is 6.55. The molecule has 0 N–H and O–H groups in total. The van der Waals surface area contributed by atoms with Gasteiger partial charge in [-0.05, 0) is 49.6 Å². The highest BCUT2D eigenvalue weighted by molar-refractivity contribution is 9.10. The minimum absolute atomic E-state index is 0.0537. The third kappa shape index (κ3) is 4.07. The van der Waals surface area contributed by atoms with Crippen molar-refractivity contribution in [3.63, 3.8) is 0 Å². The fourth-order valence-corrected chi connectivity index (χ4v) is 5.05. The van der Waals surface area contributed by atoms with Crippen LogP contribution in [0.4, 0.5) is 0 Å². The van der Waals surface area contributed by atoms with Crippen LogP contribution in [0.3, 0.4) is 0 Å². The summed E-state index contributed by atoms with van der Waals surface area (Å²) < 4.78 is 23.4. The predicted molar refractivity (Wildman–Crippen MR) is 121 cm³/mol. The Kier molecular flexibility index (Phi) is 5.78. The molecule has 0 bridgehead atoms. The van der Waals surface area contributed by atoms with E-state index in [1.807, 2.05) is 19.1 Å². The number of Topliss-reactive ketones (excluding diaryl/α,β-unsaturated/α-hetero) is 1. The lowest BCUT2D eigenvalue weighted by Crippen LogP contribution is -2.22. The lowest BCUT2D eigenvalue weighted by Gasteiger charge is -2.20. The molecule has 0 amide bonds. The molecular weight excluding hydrogens is 476 g/mol. The lowest BCUT2D eigenvalue weighted by atomic mass is 9.89. The number of fused-ring (bicyclic) bond motifs is 2. The van der Waals surface area contributed by atoms with Crippen LogP contribution < -0.4 is 14.2 Å². The molecular formula is C25H23BrO6. The SMILES string of the molecule is Cc1cc(OC(=O)C2CCCCC2)cc2c1C(=O)/C(=C/c1cc(Br)cc3c1OCOC3)O2. The molecule has 0 radical (unpaired) electrons. The first-order chi connectivity index (χ1) is 15.5. The molecule has 32 heavy (non-hydrogen) atoms. The zero-order chi connectivity index (χ0) is 22.2. The molecule has 1 fully saturated rings. The van der Waals surface area contributed by atoms with E-state index >= 15 is 0 Å². The number of rotatable bonds is 3. The number of aryl methyl sites for hydroxylation is 1. The number of carbonyl (C=O) groups is 2. The Morgan fingerprint density at radius 2 is 1.97 bits per heavy atom. The first kappa shape index (κ1) is 21.2. The number of hydrogen-bond donors (Lipinski definition) is 0. The van der Waals surface area contributed by atoms with Gasteiger partial charge in [0.15, 0.2) is 12.6 Å². The number of carbonyl (C=O) groups excluding carboxylic acids is 2. The first-order valence-corrected chi connectivity index (χ1v) is 11.6. The number of halogens is 1. The molecule has 2 aromatic rings. The minimum atomic E-state index is -0.205. The second-order valence-electron chi connectivity index (χ2n) is 8.40. The second-order valence-corrected chi connectivity index (χ2v) is 9.32. The van der Waals surface area contributed by atoms with Crippen molar-refractivity contribution in [1.29, 1.82) is 0 Å². The monoisotopic (exact) mass is 498 g/mol. The fraction of sp³-hybridized carbons (Fsp3) is 0.360. The van der Waals surface area contributed by atoms with Gasteiger partial charge in [0.25, 0.3) is 0 Å². The van der Waals surface area contributed by atoms with E-state index in [0.717, 1.165) is 41.3 Å². The molecule has 0 aromatic heterocycles. The molecule has 0 atom stereocenters. The highest BCUT2D eigenvalue weighted by Gasteiger charge is 2.31. The van der Waals surface area contributed by atoms with Gasteiger partial charge in [0.1, 0.15) is 17.2 Å². The second kappa shape index (κ2) is 8.71. The molecule has 1 saturated carbocycles. The van der Waals surface area contributed by atoms with Crippen molar-refractivity contribution in [3.05, 3.63) is 56.8 Å². The number of ketones is 1. The topological polar surface area (TPSA) is 71.1 Å². The van der Waals surface area contributed by atoms with Gasteiger partial charge >= 0.3 is 5.97 Å². The zero-order valence-corrected chi connectivity index (χ0v) is 19.3. The van der Waals surface area contributed by atoms with Crippen LogP contribution in [-0.4, -0.2) is 18.5 Å². The van der Waals surface area contributed by atoms with Crippen LogP contribution in [0.15, 0.2) is 34.5 Å². The summed E-state index contributed by atoms with van der Waals surface area (Å²) >= 11 is 3.50. The van der Waals surface area contributed by atoms with Gasteiger partial charge in [-0.1, -0.05) is 35.2 Å². The molecule has 166 valence electrons. The van der Waals surface area contributed by atoms with Gasteiger partial charge in [0.2, 0.25) is 5.78 Å². The lowest BCUT2D eigenvalue weighted by molar-refractivity contribution is -0.139. The molecule has 3 aliphatic rings. The fourth-order valence-electron chi connectivity index (χ4n) is 4.53. The van der Waals surface area contributed by atoms with Crippen molar-refractivity contribution in [2.45, 2.75) is 45.6 Å². The Labute approximate surface area is 194 Å². The average Bonchev–Trinajstić information content (AvgIpc) is 3.09. The van der Waals surface area contributed by atoms with Crippen molar-refractivity contribution in [2.75, 3.05) is 6.79 Å².